The molecule has 0 aliphatic heterocycles. The first-order valence-corrected chi connectivity index (χ1v) is 10.2. The van der Waals surface area contributed by atoms with Crippen LogP contribution in [0.15, 0.2) is 52.1 Å². The summed E-state index contributed by atoms with van der Waals surface area (Å²) in [7, 11) is -3.55. The first-order chi connectivity index (χ1) is 11.2. The molecule has 1 atom stereocenters. The van der Waals surface area contributed by atoms with Gasteiger partial charge >= 0.3 is 0 Å². The van der Waals surface area contributed by atoms with Crippen LogP contribution in [0.2, 0.25) is 0 Å². The van der Waals surface area contributed by atoms with Crippen molar-refractivity contribution in [1.82, 2.24) is 5.32 Å². The second kappa shape index (κ2) is 7.49. The molecule has 0 bridgehead atoms. The molecular weight excluding hydrogens is 342 g/mol. The first kappa shape index (κ1) is 18.7. The number of carbonyl (C=O) groups excluding carboxylic acids is 1. The van der Waals surface area contributed by atoms with E-state index in [1.165, 1.54) is 11.3 Å². The number of sulfone groups is 1. The lowest BCUT2D eigenvalue weighted by molar-refractivity contribution is -0.122. The summed E-state index contributed by atoms with van der Waals surface area (Å²) in [6, 6.07) is 12.4. The van der Waals surface area contributed by atoms with Gasteiger partial charge in [0.05, 0.1) is 0 Å². The summed E-state index contributed by atoms with van der Waals surface area (Å²) in [5.74, 6) is -0.134. The van der Waals surface area contributed by atoms with E-state index in [2.05, 4.69) is 5.32 Å². The zero-order chi connectivity index (χ0) is 17.8. The molecule has 1 aromatic carbocycles. The molecule has 4 nitrogen and oxygen atoms in total. The van der Waals surface area contributed by atoms with Crippen molar-refractivity contribution in [2.24, 2.45) is 5.41 Å². The fourth-order valence-electron chi connectivity index (χ4n) is 2.39. The number of hydrogen-bond acceptors (Lipinski definition) is 4. The lowest BCUT2D eigenvalue weighted by atomic mass is 9.92. The number of rotatable bonds is 6. The van der Waals surface area contributed by atoms with E-state index in [1.54, 1.807) is 29.6 Å². The zero-order valence-electron chi connectivity index (χ0n) is 14.2. The highest BCUT2D eigenvalue weighted by molar-refractivity contribution is 7.93. The minimum absolute atomic E-state index is 0.0686. The molecule has 0 aliphatic rings. The minimum Gasteiger partial charge on any atom is -0.354 e. The summed E-state index contributed by atoms with van der Waals surface area (Å²) < 4.78 is 26.2. The van der Waals surface area contributed by atoms with Gasteiger partial charge in [0.25, 0.3) is 0 Å². The predicted molar refractivity (Wildman–Crippen MR) is 97.8 cm³/mol. The van der Waals surface area contributed by atoms with Gasteiger partial charge in [0, 0.05) is 13.0 Å². The molecule has 1 unspecified atom stereocenters. The van der Waals surface area contributed by atoms with Crippen LogP contribution in [0.25, 0.3) is 0 Å². The van der Waals surface area contributed by atoms with Crippen molar-refractivity contribution < 1.29 is 13.2 Å². The molecule has 0 spiro atoms. The third-order valence-corrected chi connectivity index (χ3v) is 7.03. The largest absolute Gasteiger partial charge is 0.354 e. The SMILES string of the molecule is CC(C)(C)CC(=O)NCC(c1ccccc1)S(=O)(=O)c1cccs1. The van der Waals surface area contributed by atoms with Crippen molar-refractivity contribution in [2.45, 2.75) is 36.7 Å². The Bertz CT molecular complexity index is 760. The fraction of sp³-hybridized carbons (Fsp3) is 0.389. The van der Waals surface area contributed by atoms with Gasteiger partial charge in [-0.05, 0) is 22.4 Å². The van der Waals surface area contributed by atoms with Crippen LogP contribution in [-0.4, -0.2) is 20.9 Å². The highest BCUT2D eigenvalue weighted by atomic mass is 32.2. The predicted octanol–water partition coefficient (Wildman–Crippen LogP) is 3.82. The summed E-state index contributed by atoms with van der Waals surface area (Å²) >= 11 is 1.20. The molecule has 1 amide bonds. The minimum atomic E-state index is -3.55. The lowest BCUT2D eigenvalue weighted by Gasteiger charge is -2.21. The van der Waals surface area contributed by atoms with Gasteiger partial charge in [0.2, 0.25) is 5.91 Å². The van der Waals surface area contributed by atoms with Crippen molar-refractivity contribution in [3.05, 3.63) is 53.4 Å². The maximum atomic E-state index is 13.0. The Morgan fingerprint density at radius 3 is 2.33 bits per heavy atom. The van der Waals surface area contributed by atoms with Gasteiger partial charge in [-0.25, -0.2) is 8.42 Å². The standard InChI is InChI=1S/C18H23NO3S2/c1-18(2,3)12-16(20)19-13-15(14-8-5-4-6-9-14)24(21,22)17-10-7-11-23-17/h4-11,15H,12-13H2,1-3H3,(H,19,20). The molecule has 1 aromatic heterocycles. The zero-order valence-corrected chi connectivity index (χ0v) is 15.8. The molecule has 0 saturated carbocycles. The van der Waals surface area contributed by atoms with Crippen LogP contribution in [-0.2, 0) is 14.6 Å². The Morgan fingerprint density at radius 2 is 1.79 bits per heavy atom. The molecule has 1 heterocycles. The summed E-state index contributed by atoms with van der Waals surface area (Å²) in [6.07, 6.45) is 0.355. The summed E-state index contributed by atoms with van der Waals surface area (Å²) in [5.41, 5.74) is 0.542. The van der Waals surface area contributed by atoms with Crippen LogP contribution in [0.4, 0.5) is 0 Å². The lowest BCUT2D eigenvalue weighted by Crippen LogP contribution is -2.33. The van der Waals surface area contributed by atoms with Crippen molar-refractivity contribution in [3.8, 4) is 0 Å². The molecule has 1 N–H and O–H groups in total. The Morgan fingerprint density at radius 1 is 1.12 bits per heavy atom. The van der Waals surface area contributed by atoms with Gasteiger partial charge in [-0.3, -0.25) is 4.79 Å². The van der Waals surface area contributed by atoms with Gasteiger partial charge in [0.15, 0.2) is 9.84 Å². The number of carbonyl (C=O) groups is 1. The number of hydrogen-bond donors (Lipinski definition) is 1. The van der Waals surface area contributed by atoms with Crippen LogP contribution in [0.3, 0.4) is 0 Å². The summed E-state index contributed by atoms with van der Waals surface area (Å²) in [6.45, 7) is 6.00. The fourth-order valence-corrected chi connectivity index (χ4v) is 5.26. The van der Waals surface area contributed by atoms with E-state index in [1.807, 2.05) is 39.0 Å². The van der Waals surface area contributed by atoms with E-state index >= 15 is 0 Å². The quantitative estimate of drug-likeness (QED) is 0.846. The Labute approximate surface area is 147 Å². The van der Waals surface area contributed by atoms with Crippen LogP contribution < -0.4 is 5.32 Å². The Hall–Kier alpha value is -1.66. The number of thiophene rings is 1. The monoisotopic (exact) mass is 365 g/mol. The van der Waals surface area contributed by atoms with Crippen LogP contribution in [0.5, 0.6) is 0 Å². The molecule has 24 heavy (non-hydrogen) atoms. The van der Waals surface area contributed by atoms with Gasteiger partial charge in [-0.15, -0.1) is 11.3 Å². The van der Waals surface area contributed by atoms with Crippen molar-refractivity contribution >= 4 is 27.1 Å². The number of amides is 1. The molecule has 130 valence electrons. The summed E-state index contributed by atoms with van der Waals surface area (Å²) in [4.78, 5) is 12.1. The average Bonchev–Trinajstić information content (AvgIpc) is 3.01. The third-order valence-electron chi connectivity index (χ3n) is 3.50. The Kier molecular flexibility index (Phi) is 5.83. The van der Waals surface area contributed by atoms with Gasteiger partial charge in [-0.2, -0.15) is 0 Å². The van der Waals surface area contributed by atoms with Gasteiger partial charge in [0.1, 0.15) is 9.46 Å². The van der Waals surface area contributed by atoms with E-state index < -0.39 is 15.1 Å². The van der Waals surface area contributed by atoms with E-state index in [0.29, 0.717) is 16.2 Å². The number of nitrogens with one attached hydrogen (secondary N) is 1. The maximum absolute atomic E-state index is 13.0. The second-order valence-electron chi connectivity index (χ2n) is 6.92. The highest BCUT2D eigenvalue weighted by Gasteiger charge is 2.30. The van der Waals surface area contributed by atoms with Crippen molar-refractivity contribution in [2.75, 3.05) is 6.54 Å². The van der Waals surface area contributed by atoms with Gasteiger partial charge < -0.3 is 5.32 Å². The third kappa shape index (κ3) is 4.92. The number of benzene rings is 1. The van der Waals surface area contributed by atoms with E-state index in [9.17, 15) is 13.2 Å². The van der Waals surface area contributed by atoms with Gasteiger partial charge in [-0.1, -0.05) is 57.2 Å². The molecule has 0 radical (unpaired) electrons. The first-order valence-electron chi connectivity index (χ1n) is 7.79. The average molecular weight is 366 g/mol. The molecular formula is C18H23NO3S2. The normalized spacial score (nSPS) is 13.5. The smallest absolute Gasteiger partial charge is 0.220 e. The molecule has 2 rings (SSSR count). The highest BCUT2D eigenvalue weighted by Crippen LogP contribution is 2.31. The molecule has 0 saturated heterocycles. The van der Waals surface area contributed by atoms with Crippen LogP contribution in [0.1, 0.15) is 38.0 Å². The van der Waals surface area contributed by atoms with Crippen LogP contribution >= 0.6 is 11.3 Å². The summed E-state index contributed by atoms with van der Waals surface area (Å²) in [5, 5.41) is 3.75. The maximum Gasteiger partial charge on any atom is 0.220 e. The second-order valence-corrected chi connectivity index (χ2v) is 10.2. The van der Waals surface area contributed by atoms with Crippen LogP contribution in [0, 0.1) is 5.41 Å². The molecule has 0 aliphatic carbocycles. The van der Waals surface area contributed by atoms with E-state index in [4.69, 9.17) is 0 Å². The van der Waals surface area contributed by atoms with E-state index in [0.717, 1.165) is 0 Å². The van der Waals surface area contributed by atoms with Crippen molar-refractivity contribution in [3.63, 3.8) is 0 Å². The molecule has 0 fully saturated rings. The molecule has 2 aromatic rings. The molecule has 6 heteroatoms. The topological polar surface area (TPSA) is 63.2 Å². The van der Waals surface area contributed by atoms with Crippen molar-refractivity contribution in [1.29, 1.82) is 0 Å². The Balaban J connectivity index is 2.24. The van der Waals surface area contributed by atoms with E-state index in [-0.39, 0.29) is 17.9 Å².